The summed E-state index contributed by atoms with van der Waals surface area (Å²) in [6.07, 6.45) is 0. The lowest BCUT2D eigenvalue weighted by molar-refractivity contribution is 1.28. The zero-order valence-electron chi connectivity index (χ0n) is 57.5. The van der Waals surface area contributed by atoms with Crippen LogP contribution in [0.15, 0.2) is 438 Å². The molecular formula is C97H76Br3IN3-. The molecule has 0 spiro atoms. The van der Waals surface area contributed by atoms with Gasteiger partial charge in [-0.2, -0.15) is 0 Å². The predicted molar refractivity (Wildman–Crippen MR) is 467 cm³/mol. The van der Waals surface area contributed by atoms with Crippen molar-refractivity contribution in [1.82, 2.24) is 0 Å². The highest BCUT2D eigenvalue weighted by molar-refractivity contribution is 14.1. The third kappa shape index (κ3) is 21.6. The van der Waals surface area contributed by atoms with Crippen LogP contribution in [-0.4, -0.2) is 0 Å². The summed E-state index contributed by atoms with van der Waals surface area (Å²) in [5.74, 6) is 0. The van der Waals surface area contributed by atoms with Gasteiger partial charge < -0.3 is 23.4 Å². The van der Waals surface area contributed by atoms with Gasteiger partial charge in [-0.3, -0.25) is 0 Å². The van der Waals surface area contributed by atoms with Crippen LogP contribution in [0.3, 0.4) is 0 Å². The summed E-state index contributed by atoms with van der Waals surface area (Å²) in [5, 5.41) is 3.46. The van der Waals surface area contributed by atoms with Gasteiger partial charge in [0.05, 0.1) is 0 Å². The van der Waals surface area contributed by atoms with Gasteiger partial charge in [0.25, 0.3) is 0 Å². The second kappa shape index (κ2) is 38.4. The topological polar surface area (TPSA) is 41.3 Å². The summed E-state index contributed by atoms with van der Waals surface area (Å²) in [7, 11) is 0. The van der Waals surface area contributed by atoms with Crippen LogP contribution in [0, 0.1) is 11.0 Å². The third-order valence-corrected chi connectivity index (χ3v) is 19.3. The van der Waals surface area contributed by atoms with Gasteiger partial charge in [0, 0.05) is 51.1 Å². The molecule has 0 aromatic heterocycles. The molecule has 0 unspecified atom stereocenters. The van der Waals surface area contributed by atoms with Crippen molar-refractivity contribution in [3.05, 3.63) is 449 Å². The molecule has 0 aliphatic carbocycles. The average molecular weight is 1650 g/mol. The van der Waals surface area contributed by atoms with Crippen molar-refractivity contribution in [2.75, 3.05) is 16.0 Å². The highest BCUT2D eigenvalue weighted by atomic mass is 127. The van der Waals surface area contributed by atoms with Crippen LogP contribution >= 0.6 is 70.4 Å². The molecule has 16 rings (SSSR count). The van der Waals surface area contributed by atoms with Gasteiger partial charge in [-0.1, -0.05) is 351 Å². The first-order valence-electron chi connectivity index (χ1n) is 33.9. The minimum absolute atomic E-state index is 0. The number of hydrogen-bond acceptors (Lipinski definition) is 3. The Labute approximate surface area is 652 Å². The summed E-state index contributed by atoms with van der Waals surface area (Å²) in [4.78, 5) is 2.31. The molecule has 3 nitrogen and oxygen atoms in total. The lowest BCUT2D eigenvalue weighted by Gasteiger charge is -2.26. The summed E-state index contributed by atoms with van der Waals surface area (Å²) < 4.78 is 4.59. The van der Waals surface area contributed by atoms with E-state index >= 15 is 0 Å². The Kier molecular flexibility index (Phi) is 27.4. The van der Waals surface area contributed by atoms with E-state index in [0.717, 1.165) is 47.5 Å². The maximum absolute atomic E-state index is 5.60. The van der Waals surface area contributed by atoms with E-state index in [4.69, 9.17) is 5.73 Å². The Morgan fingerprint density at radius 2 is 0.365 bits per heavy atom. The van der Waals surface area contributed by atoms with Crippen LogP contribution in [0.1, 0.15) is 0 Å². The quantitative estimate of drug-likeness (QED) is 0.0687. The van der Waals surface area contributed by atoms with Crippen LogP contribution in [0.25, 0.3) is 89.0 Å². The molecule has 0 atom stereocenters. The summed E-state index contributed by atoms with van der Waals surface area (Å²) >= 11 is 12.7. The molecule has 0 heterocycles. The number of nitrogens with zero attached hydrogens (tertiary/aromatic N) is 1. The molecule has 0 aliphatic heterocycles. The van der Waals surface area contributed by atoms with Crippen LogP contribution in [-0.2, 0) is 0 Å². The number of nitrogen functional groups attached to an aromatic ring is 1. The number of nitrogens with two attached hydrogens (primary N) is 1. The van der Waals surface area contributed by atoms with Crippen LogP contribution in [0.5, 0.6) is 0 Å². The number of benzene rings is 16. The number of rotatable bonds is 13. The number of anilines is 6. The Bertz CT molecular complexity index is 4850. The largest absolute Gasteiger partial charge is 0.399 e. The van der Waals surface area contributed by atoms with Gasteiger partial charge in [-0.05, 0) is 233 Å². The Morgan fingerprint density at radius 1 is 0.202 bits per heavy atom. The fourth-order valence-corrected chi connectivity index (χ4v) is 12.7. The monoisotopic (exact) mass is 1650 g/mol. The van der Waals surface area contributed by atoms with Gasteiger partial charge in [-0.25, -0.2) is 0 Å². The van der Waals surface area contributed by atoms with E-state index in [9.17, 15) is 0 Å². The molecule has 16 aromatic rings. The van der Waals surface area contributed by atoms with Gasteiger partial charge in [-0.15, -0.1) is 0 Å². The first-order valence-corrected chi connectivity index (χ1v) is 37.4. The maximum Gasteiger partial charge on any atom is 0.0462 e. The van der Waals surface area contributed by atoms with Gasteiger partial charge in [0.2, 0.25) is 0 Å². The van der Waals surface area contributed by atoms with E-state index in [2.05, 4.69) is 445 Å². The highest BCUT2D eigenvalue weighted by Crippen LogP contribution is 2.38. The van der Waals surface area contributed by atoms with Gasteiger partial charge >= 0.3 is 0 Å². The molecule has 0 bridgehead atoms. The Hall–Kier alpha value is -10.9. The second-order valence-corrected chi connectivity index (χ2v) is 28.1. The standard InChI is InChI=1S/C36H26BrN.C24H19N.C12H8BrI.C12H9Br.C12H11N.CH3/c37-33-19-11-29(12-20-33)32-17-25-36(26-18-32)38(34-21-13-30(14-22-34)27-7-3-1-4-8-27)35-23-15-31(16-24-35)28-9-5-2-6-10-28;1-3-7-19(8-4-1)21-11-15-23(16-12-21)25-24-17-13-22(14-18-24)20-9-5-2-6-10-20;13-11-5-1-9(2-6-11)10-3-7-12(14)8-4-10;2*13-12-8-6-11(7-9-12)10-4-2-1-3-5-10;/h1-26H;1-18,25H;1-8H;1-9H;1-9H,13H2;1H3/q;;;;;-1. The minimum atomic E-state index is 0. The predicted octanol–water partition coefficient (Wildman–Crippen LogP) is 29.9. The summed E-state index contributed by atoms with van der Waals surface area (Å²) in [6, 6.07) is 148. The second-order valence-electron chi connectivity index (χ2n) is 24.1. The van der Waals surface area contributed by atoms with Crippen molar-refractivity contribution in [3.8, 4) is 89.0 Å². The van der Waals surface area contributed by atoms with Gasteiger partial charge in [0.1, 0.15) is 0 Å². The van der Waals surface area contributed by atoms with Crippen molar-refractivity contribution in [1.29, 1.82) is 0 Å². The van der Waals surface area contributed by atoms with Gasteiger partial charge in [0.15, 0.2) is 0 Å². The molecule has 0 aliphatic rings. The summed E-state index contributed by atoms with van der Waals surface area (Å²) in [6.45, 7) is 0. The lowest BCUT2D eigenvalue weighted by atomic mass is 10.0. The fraction of sp³-hybridized carbons (Fsp3) is 0. The molecule has 508 valence electrons. The minimum Gasteiger partial charge on any atom is -0.399 e. The van der Waals surface area contributed by atoms with Crippen molar-refractivity contribution in [2.24, 2.45) is 0 Å². The summed E-state index contributed by atoms with van der Waals surface area (Å²) in [5.41, 5.74) is 31.6. The molecule has 0 saturated carbocycles. The number of hydrogen-bond donors (Lipinski definition) is 2. The van der Waals surface area contributed by atoms with E-state index in [1.807, 2.05) is 60.7 Å². The molecule has 0 saturated heterocycles. The normalized spacial score (nSPS) is 10.3. The van der Waals surface area contributed by atoms with E-state index < -0.39 is 0 Å². The van der Waals surface area contributed by atoms with Crippen LogP contribution in [0.4, 0.5) is 34.1 Å². The Balaban J connectivity index is 0.000000141. The third-order valence-electron chi connectivity index (χ3n) is 17.0. The average Bonchev–Trinajstić information content (AvgIpc) is 0.790. The van der Waals surface area contributed by atoms with Crippen molar-refractivity contribution in [2.45, 2.75) is 0 Å². The van der Waals surface area contributed by atoms with Crippen molar-refractivity contribution < 1.29 is 0 Å². The van der Waals surface area contributed by atoms with E-state index in [-0.39, 0.29) is 7.43 Å². The molecule has 0 fully saturated rings. The number of halogens is 4. The molecular weight excluding hydrogens is 1570 g/mol. The van der Waals surface area contributed by atoms with Crippen LogP contribution in [0.2, 0.25) is 0 Å². The van der Waals surface area contributed by atoms with Crippen molar-refractivity contribution >= 4 is 105 Å². The first kappa shape index (κ1) is 74.3. The van der Waals surface area contributed by atoms with E-state index in [0.29, 0.717) is 0 Å². The van der Waals surface area contributed by atoms with E-state index in [1.54, 1.807) is 0 Å². The zero-order chi connectivity index (χ0) is 70.8. The SMILES string of the molecule is Brc1ccc(-c2ccc(I)cc2)cc1.Brc1ccc(-c2ccc(N(c3ccc(-c4ccccc4)cc3)c3ccc(-c4ccccc4)cc3)cc2)cc1.Brc1ccc(-c2ccccc2)cc1.Nc1ccc(-c2ccccc2)cc1.[CH3-].c1ccc(-c2ccc(Nc3ccc(-c4ccccc4)cc3)cc2)cc1. The highest BCUT2D eigenvalue weighted by Gasteiger charge is 2.14. The Morgan fingerprint density at radius 3 is 0.577 bits per heavy atom. The molecule has 0 amide bonds. The lowest BCUT2D eigenvalue weighted by Crippen LogP contribution is -2.09. The number of nitrogens with one attached hydrogen (secondary N) is 1. The van der Waals surface area contributed by atoms with E-state index in [1.165, 1.54) is 92.6 Å². The zero-order valence-corrected chi connectivity index (χ0v) is 64.4. The van der Waals surface area contributed by atoms with Crippen LogP contribution < -0.4 is 16.0 Å². The van der Waals surface area contributed by atoms with Crippen molar-refractivity contribution in [3.63, 3.8) is 0 Å². The molecule has 7 heteroatoms. The first-order chi connectivity index (χ1) is 50.6. The fourth-order valence-electron chi connectivity index (χ4n) is 11.5. The maximum atomic E-state index is 5.60. The molecule has 0 radical (unpaired) electrons. The molecule has 3 N–H and O–H groups in total. The molecule has 104 heavy (non-hydrogen) atoms. The molecule has 16 aromatic carbocycles. The smallest absolute Gasteiger partial charge is 0.0462 e.